The maximum atomic E-state index is 13.7. The van der Waals surface area contributed by atoms with Crippen molar-refractivity contribution in [3.8, 4) is 11.5 Å². The van der Waals surface area contributed by atoms with Crippen molar-refractivity contribution in [1.82, 2.24) is 28.8 Å². The van der Waals surface area contributed by atoms with Gasteiger partial charge in [0.2, 0.25) is 11.8 Å². The van der Waals surface area contributed by atoms with E-state index >= 15 is 0 Å². The van der Waals surface area contributed by atoms with Gasteiger partial charge in [0.1, 0.15) is 22.5 Å². The monoisotopic (exact) mass is 1130 g/mol. The topological polar surface area (TPSA) is 231 Å². The summed E-state index contributed by atoms with van der Waals surface area (Å²) < 4.78 is 56.7. The average molecular weight is 1130 g/mol. The average Bonchev–Trinajstić information content (AvgIpc) is 4.05. The summed E-state index contributed by atoms with van der Waals surface area (Å²) in [5.74, 6) is -1.52. The first-order valence-corrected chi connectivity index (χ1v) is 23.5. The molecule has 4 aromatic carbocycles. The number of sulfonamides is 2. The molecule has 2 amide bonds. The van der Waals surface area contributed by atoms with Crippen LogP contribution in [0, 0.1) is 25.7 Å². The summed E-state index contributed by atoms with van der Waals surface area (Å²) in [5.41, 5.74) is 5.24. The second-order valence-electron chi connectivity index (χ2n) is 16.3. The van der Waals surface area contributed by atoms with Crippen LogP contribution < -0.4 is 0 Å². The maximum Gasteiger partial charge on any atom is 0.285 e. The van der Waals surface area contributed by atoms with Crippen molar-refractivity contribution in [2.45, 2.75) is 63.4 Å². The Labute approximate surface area is 406 Å². The Kier molecular flexibility index (Phi) is 12.3. The summed E-state index contributed by atoms with van der Waals surface area (Å²) in [7, 11) is -8.41. The minimum Gasteiger partial charge on any atom is -0.506 e. The van der Waals surface area contributed by atoms with E-state index in [-0.39, 0.29) is 94.3 Å². The summed E-state index contributed by atoms with van der Waals surface area (Å²) >= 11 is 0. The van der Waals surface area contributed by atoms with Crippen LogP contribution in [0.2, 0.25) is 0 Å². The summed E-state index contributed by atoms with van der Waals surface area (Å²) in [4.78, 5) is 33.0. The molecule has 6 heterocycles. The quantitative estimate of drug-likeness (QED) is 0.176. The number of carbonyl (C=O) groups excluding carboxylic acids is 2. The van der Waals surface area contributed by atoms with Gasteiger partial charge in [-0.2, -0.15) is 37.2 Å². The Bertz CT molecular complexity index is 3160. The molecular weight excluding hydrogens is 1090 g/mol. The second-order valence-corrected chi connectivity index (χ2v) is 19.7. The minimum absolute atomic E-state index is 0. The molecule has 0 radical (unpaired) electrons. The van der Waals surface area contributed by atoms with Crippen LogP contribution in [0.3, 0.4) is 0 Å². The normalized spacial score (nSPS) is 19.8. The van der Waals surface area contributed by atoms with Crippen molar-refractivity contribution < 1.29 is 64.3 Å². The van der Waals surface area contributed by atoms with E-state index in [1.54, 1.807) is 38.1 Å². The van der Waals surface area contributed by atoms with E-state index in [0.29, 0.717) is 11.4 Å². The number of carbonyl (C=O) groups is 2. The number of fused-ring (bicyclic) bond motifs is 4. The van der Waals surface area contributed by atoms with E-state index in [1.165, 1.54) is 60.5 Å². The van der Waals surface area contributed by atoms with E-state index in [0.717, 1.165) is 31.1 Å². The molecule has 10 rings (SSSR count). The molecular formula is C46H42HgN10O8S2. The predicted octanol–water partition coefficient (Wildman–Crippen LogP) is 6.32. The number of phenolic OH excluding ortho intramolecular Hbond substituents is 2. The molecule has 2 aromatic heterocycles. The summed E-state index contributed by atoms with van der Waals surface area (Å²) in [6, 6.07) is 26.0. The molecule has 338 valence electrons. The number of amides is 2. The Morgan fingerprint density at radius 1 is 0.522 bits per heavy atom. The molecule has 0 saturated heterocycles. The van der Waals surface area contributed by atoms with Crippen molar-refractivity contribution in [3.05, 3.63) is 132 Å². The number of rotatable bonds is 6. The molecule has 0 spiro atoms. The van der Waals surface area contributed by atoms with Gasteiger partial charge in [0.15, 0.2) is 11.7 Å². The number of hydrazone groups is 4. The molecule has 0 aliphatic carbocycles. The van der Waals surface area contributed by atoms with Crippen molar-refractivity contribution >= 4 is 76.8 Å². The van der Waals surface area contributed by atoms with Gasteiger partial charge in [0.25, 0.3) is 20.0 Å². The Balaban J connectivity index is 0.000000179. The molecule has 0 bridgehead atoms. The van der Waals surface area contributed by atoms with Crippen molar-refractivity contribution in [2.24, 2.45) is 32.2 Å². The van der Waals surface area contributed by atoms with Crippen molar-refractivity contribution in [3.63, 3.8) is 0 Å². The van der Waals surface area contributed by atoms with Crippen LogP contribution in [0.25, 0.3) is 21.8 Å². The van der Waals surface area contributed by atoms with E-state index in [1.807, 2.05) is 62.4 Å². The number of phenols is 2. The van der Waals surface area contributed by atoms with Crippen LogP contribution in [0.1, 0.15) is 62.0 Å². The van der Waals surface area contributed by atoms with Gasteiger partial charge in [0.05, 0.1) is 33.7 Å². The molecule has 4 unspecified atom stereocenters. The van der Waals surface area contributed by atoms with Gasteiger partial charge in [-0.05, 0) is 87.4 Å². The SMILES string of the molecule is CC(=O)N1N=C2C(C(C)=NN2S(=O)(=O)c2ccc(O)c3ncccc23)C1c1ccc(C)cc1.CC(=O)N1N=C2C(C(C)=NN2S(=O)(=O)c2ccc(O)c3ncccc23)C1c1ccc(C)cc1.[Hg]. The molecule has 0 fully saturated rings. The fraction of sp³-hybridized carbons (Fsp3) is 0.217. The van der Waals surface area contributed by atoms with Gasteiger partial charge in [0, 0.05) is 76.1 Å². The fourth-order valence-corrected chi connectivity index (χ4v) is 11.7. The largest absolute Gasteiger partial charge is 0.506 e. The van der Waals surface area contributed by atoms with Crippen molar-refractivity contribution in [1.29, 1.82) is 0 Å². The summed E-state index contributed by atoms with van der Waals surface area (Å²) in [5, 5.41) is 41.0. The second kappa shape index (κ2) is 17.5. The first kappa shape index (κ1) is 46.9. The smallest absolute Gasteiger partial charge is 0.285 e. The molecule has 4 aliphatic rings. The number of aryl methyl sites for hydroxylation is 2. The van der Waals surface area contributed by atoms with Gasteiger partial charge >= 0.3 is 0 Å². The Morgan fingerprint density at radius 3 is 1.22 bits per heavy atom. The van der Waals surface area contributed by atoms with Crippen molar-refractivity contribution in [2.75, 3.05) is 0 Å². The zero-order chi connectivity index (χ0) is 47.0. The number of aromatic hydroxyl groups is 2. The number of aromatic nitrogens is 2. The van der Waals surface area contributed by atoms with E-state index in [2.05, 4.69) is 30.4 Å². The van der Waals surface area contributed by atoms with E-state index in [9.17, 15) is 36.6 Å². The third-order valence-corrected chi connectivity index (χ3v) is 15.1. The van der Waals surface area contributed by atoms with Gasteiger partial charge in [-0.15, -0.1) is 8.83 Å². The molecule has 6 aromatic rings. The molecule has 21 heteroatoms. The van der Waals surface area contributed by atoms with Crippen LogP contribution in [0.5, 0.6) is 11.5 Å². The Hall–Kier alpha value is -6.64. The Morgan fingerprint density at radius 2 is 0.881 bits per heavy atom. The van der Waals surface area contributed by atoms with Gasteiger partial charge in [-0.25, -0.2) is 10.0 Å². The first-order chi connectivity index (χ1) is 31.4. The predicted molar refractivity (Wildman–Crippen MR) is 246 cm³/mol. The molecule has 4 aliphatic heterocycles. The van der Waals surface area contributed by atoms with Gasteiger partial charge < -0.3 is 10.2 Å². The van der Waals surface area contributed by atoms with Crippen LogP contribution >= 0.6 is 0 Å². The van der Waals surface area contributed by atoms with E-state index in [4.69, 9.17) is 0 Å². The maximum absolute atomic E-state index is 13.7. The summed E-state index contributed by atoms with van der Waals surface area (Å²) in [6.07, 6.45) is 2.95. The number of pyridine rings is 2. The van der Waals surface area contributed by atoms with Crippen LogP contribution in [-0.2, 0) is 57.3 Å². The van der Waals surface area contributed by atoms with Gasteiger partial charge in [-0.1, -0.05) is 59.7 Å². The van der Waals surface area contributed by atoms with Gasteiger partial charge in [-0.3, -0.25) is 19.6 Å². The number of nitrogens with zero attached hydrogens (tertiary/aromatic N) is 10. The molecule has 67 heavy (non-hydrogen) atoms. The third kappa shape index (κ3) is 7.89. The van der Waals surface area contributed by atoms with Crippen LogP contribution in [0.4, 0.5) is 0 Å². The first-order valence-electron chi connectivity index (χ1n) is 20.6. The van der Waals surface area contributed by atoms with Crippen LogP contribution in [0.15, 0.2) is 140 Å². The third-order valence-electron chi connectivity index (χ3n) is 11.8. The molecule has 4 atom stereocenters. The standard InChI is InChI=1S/2C23H21N5O4S.Hg/c2*1-13-6-8-16(9-7-13)22-20-14(2)25-28(23(20)26-27(22)15(3)29)33(31,32)19-11-10-18(30)21-17(19)5-4-12-24-21;/h2*4-12,20,22,30H,1-3H3;. The zero-order valence-electron chi connectivity index (χ0n) is 37.0. The molecule has 0 saturated carbocycles. The minimum atomic E-state index is -4.20. The number of hydrogen-bond donors (Lipinski definition) is 2. The number of benzene rings is 4. The fourth-order valence-electron chi connectivity index (χ4n) is 8.67. The summed E-state index contributed by atoms with van der Waals surface area (Å²) in [6.45, 7) is 10.2. The van der Waals surface area contributed by atoms with E-state index < -0.39 is 44.0 Å². The zero-order valence-corrected chi connectivity index (χ0v) is 44.2. The molecule has 18 nitrogen and oxygen atoms in total. The van der Waals surface area contributed by atoms with Crippen LogP contribution in [-0.4, -0.2) is 90.8 Å². The molecule has 2 N–H and O–H groups in total. The number of amidine groups is 2. The number of hydrogen-bond acceptors (Lipinski definition) is 14.